The predicted molar refractivity (Wildman–Crippen MR) is 97.8 cm³/mol. The zero-order valence-electron chi connectivity index (χ0n) is 14.4. The van der Waals surface area contributed by atoms with Crippen molar-refractivity contribution in [3.8, 4) is 0 Å². The molecule has 0 aliphatic carbocycles. The van der Waals surface area contributed by atoms with Crippen LogP contribution in [0.3, 0.4) is 0 Å². The van der Waals surface area contributed by atoms with Crippen molar-refractivity contribution < 1.29 is 9.59 Å². The molecular weight excluding hydrogens is 310 g/mol. The fourth-order valence-corrected chi connectivity index (χ4v) is 2.80. The lowest BCUT2D eigenvalue weighted by Gasteiger charge is -2.24. The summed E-state index contributed by atoms with van der Waals surface area (Å²) in [6, 6.07) is 5.30. The molecule has 1 aromatic rings. The van der Waals surface area contributed by atoms with E-state index in [1.807, 2.05) is 45.2 Å². The average Bonchev–Trinajstić information content (AvgIpc) is 2.53. The van der Waals surface area contributed by atoms with Crippen molar-refractivity contribution in [1.29, 1.82) is 0 Å². The Balaban J connectivity index is 2.68. The van der Waals surface area contributed by atoms with Crippen LogP contribution in [0.25, 0.3) is 0 Å². The summed E-state index contributed by atoms with van der Waals surface area (Å²) >= 11 is 1.66. The molecule has 2 amide bonds. The molecule has 0 saturated heterocycles. The van der Waals surface area contributed by atoms with Gasteiger partial charge in [0.25, 0.3) is 0 Å². The first-order chi connectivity index (χ1) is 10.9. The second kappa shape index (κ2) is 9.57. The van der Waals surface area contributed by atoms with Crippen LogP contribution in [0.4, 0.5) is 5.69 Å². The lowest BCUT2D eigenvalue weighted by Crippen LogP contribution is -2.47. The van der Waals surface area contributed by atoms with E-state index in [-0.39, 0.29) is 18.4 Å². The van der Waals surface area contributed by atoms with Crippen molar-refractivity contribution >= 4 is 29.3 Å². The van der Waals surface area contributed by atoms with Gasteiger partial charge in [-0.05, 0) is 50.3 Å². The predicted octanol–water partition coefficient (Wildman–Crippen LogP) is 2.17. The molecule has 1 atom stereocenters. The monoisotopic (exact) mass is 337 g/mol. The van der Waals surface area contributed by atoms with Crippen LogP contribution in [0.5, 0.6) is 0 Å². The molecule has 0 aliphatic heterocycles. The third-order valence-electron chi connectivity index (χ3n) is 3.72. The maximum absolute atomic E-state index is 12.3. The van der Waals surface area contributed by atoms with Crippen LogP contribution in [-0.4, -0.2) is 47.9 Å². The number of rotatable bonds is 8. The Morgan fingerprint density at radius 1 is 1.30 bits per heavy atom. The van der Waals surface area contributed by atoms with Gasteiger partial charge < -0.3 is 16.0 Å². The molecule has 0 radical (unpaired) electrons. The number of aryl methyl sites for hydroxylation is 2. The van der Waals surface area contributed by atoms with E-state index in [1.165, 1.54) is 4.90 Å². The molecular formula is C17H27N3O2S. The quantitative estimate of drug-likeness (QED) is 0.762. The molecule has 6 heteroatoms. The third-order valence-corrected chi connectivity index (χ3v) is 4.37. The van der Waals surface area contributed by atoms with Crippen LogP contribution in [0.1, 0.15) is 24.5 Å². The smallest absolute Gasteiger partial charge is 0.244 e. The van der Waals surface area contributed by atoms with Crippen LogP contribution < -0.4 is 11.1 Å². The number of carbonyl (C=O) groups excluding carboxylic acids is 2. The first-order valence-corrected chi connectivity index (χ1v) is 9.19. The van der Waals surface area contributed by atoms with Crippen molar-refractivity contribution in [3.63, 3.8) is 0 Å². The Kier molecular flexibility index (Phi) is 8.12. The van der Waals surface area contributed by atoms with Gasteiger partial charge in [-0.15, -0.1) is 0 Å². The van der Waals surface area contributed by atoms with E-state index >= 15 is 0 Å². The van der Waals surface area contributed by atoms with Gasteiger partial charge in [-0.2, -0.15) is 11.8 Å². The Hall–Kier alpha value is -1.53. The summed E-state index contributed by atoms with van der Waals surface area (Å²) in [6.07, 6.45) is 2.60. The summed E-state index contributed by atoms with van der Waals surface area (Å²) in [6.45, 7) is 6.24. The fourth-order valence-electron chi connectivity index (χ4n) is 2.31. The van der Waals surface area contributed by atoms with Crippen molar-refractivity contribution in [3.05, 3.63) is 29.3 Å². The third kappa shape index (κ3) is 5.88. The molecule has 23 heavy (non-hydrogen) atoms. The number of para-hydroxylation sites is 1. The average molecular weight is 337 g/mol. The van der Waals surface area contributed by atoms with Crippen molar-refractivity contribution in [2.24, 2.45) is 5.73 Å². The summed E-state index contributed by atoms with van der Waals surface area (Å²) in [5, 5.41) is 2.90. The van der Waals surface area contributed by atoms with E-state index in [9.17, 15) is 9.59 Å². The minimum atomic E-state index is -0.546. The van der Waals surface area contributed by atoms with Crippen LogP contribution >= 0.6 is 11.8 Å². The Bertz CT molecular complexity index is 528. The van der Waals surface area contributed by atoms with Gasteiger partial charge in [-0.25, -0.2) is 0 Å². The lowest BCUT2D eigenvalue weighted by molar-refractivity contribution is -0.135. The summed E-state index contributed by atoms with van der Waals surface area (Å²) in [5.74, 6) is 0.465. The Morgan fingerprint density at radius 3 is 2.43 bits per heavy atom. The minimum absolute atomic E-state index is 0.0239. The van der Waals surface area contributed by atoms with E-state index in [2.05, 4.69) is 5.32 Å². The number of anilines is 1. The van der Waals surface area contributed by atoms with Crippen LogP contribution in [0.2, 0.25) is 0 Å². The van der Waals surface area contributed by atoms with Crippen molar-refractivity contribution in [2.75, 3.05) is 30.4 Å². The number of benzene rings is 1. The number of nitrogens with zero attached hydrogens (tertiary/aromatic N) is 1. The summed E-state index contributed by atoms with van der Waals surface area (Å²) < 4.78 is 0. The van der Waals surface area contributed by atoms with Gasteiger partial charge in [-0.1, -0.05) is 18.2 Å². The van der Waals surface area contributed by atoms with Gasteiger partial charge in [0.15, 0.2) is 0 Å². The fraction of sp³-hybridized carbons (Fsp3) is 0.529. The van der Waals surface area contributed by atoms with Gasteiger partial charge in [0.2, 0.25) is 11.8 Å². The van der Waals surface area contributed by atoms with E-state index < -0.39 is 6.04 Å². The molecule has 1 rings (SSSR count). The summed E-state index contributed by atoms with van der Waals surface area (Å²) in [4.78, 5) is 26.1. The Labute approximate surface area is 143 Å². The molecule has 3 N–H and O–H groups in total. The second-order valence-corrected chi connectivity index (χ2v) is 6.54. The van der Waals surface area contributed by atoms with Crippen LogP contribution in [-0.2, 0) is 9.59 Å². The van der Waals surface area contributed by atoms with Crippen LogP contribution in [0, 0.1) is 13.8 Å². The highest BCUT2D eigenvalue weighted by molar-refractivity contribution is 7.98. The van der Waals surface area contributed by atoms with E-state index in [0.717, 1.165) is 22.6 Å². The molecule has 0 spiro atoms. The first-order valence-electron chi connectivity index (χ1n) is 7.80. The SMILES string of the molecule is CCN(CC(=O)Nc1c(C)cccc1C)C(=O)[C@@H](N)CCSC. The molecule has 0 bridgehead atoms. The van der Waals surface area contributed by atoms with Crippen molar-refractivity contribution in [2.45, 2.75) is 33.2 Å². The van der Waals surface area contributed by atoms with Gasteiger partial charge in [0, 0.05) is 12.2 Å². The number of likely N-dealkylation sites (N-methyl/N-ethyl adjacent to an activating group) is 1. The maximum atomic E-state index is 12.3. The van der Waals surface area contributed by atoms with E-state index in [4.69, 9.17) is 5.73 Å². The highest BCUT2D eigenvalue weighted by atomic mass is 32.2. The zero-order chi connectivity index (χ0) is 17.4. The highest BCUT2D eigenvalue weighted by Crippen LogP contribution is 2.19. The van der Waals surface area contributed by atoms with Gasteiger partial charge in [0.05, 0.1) is 12.6 Å². The number of carbonyl (C=O) groups is 2. The van der Waals surface area contributed by atoms with Gasteiger partial charge in [0.1, 0.15) is 0 Å². The zero-order valence-corrected chi connectivity index (χ0v) is 15.2. The molecule has 0 aliphatic rings. The normalized spacial score (nSPS) is 11.9. The Morgan fingerprint density at radius 2 is 1.91 bits per heavy atom. The topological polar surface area (TPSA) is 75.4 Å². The van der Waals surface area contributed by atoms with E-state index in [0.29, 0.717) is 13.0 Å². The molecule has 0 heterocycles. The minimum Gasteiger partial charge on any atom is -0.332 e. The number of nitrogens with one attached hydrogen (secondary N) is 1. The van der Waals surface area contributed by atoms with Gasteiger partial charge in [-0.3, -0.25) is 9.59 Å². The number of amides is 2. The lowest BCUT2D eigenvalue weighted by atomic mass is 10.1. The van der Waals surface area contributed by atoms with Crippen LogP contribution in [0.15, 0.2) is 18.2 Å². The second-order valence-electron chi connectivity index (χ2n) is 5.56. The maximum Gasteiger partial charge on any atom is 0.244 e. The molecule has 5 nitrogen and oxygen atoms in total. The first kappa shape index (κ1) is 19.5. The van der Waals surface area contributed by atoms with Crippen molar-refractivity contribution in [1.82, 2.24) is 4.90 Å². The number of hydrogen-bond donors (Lipinski definition) is 2. The molecule has 128 valence electrons. The molecule has 0 saturated carbocycles. The molecule has 0 aromatic heterocycles. The number of hydrogen-bond acceptors (Lipinski definition) is 4. The van der Waals surface area contributed by atoms with E-state index in [1.54, 1.807) is 11.8 Å². The molecule has 1 aromatic carbocycles. The standard InChI is InChI=1S/C17H27N3O2S/c1-5-20(17(22)14(18)9-10-23-4)11-15(21)19-16-12(2)7-6-8-13(16)3/h6-8,14H,5,9-11,18H2,1-4H3,(H,19,21)/t14-/m0/s1. The molecule has 0 unspecified atom stereocenters. The molecule has 0 fully saturated rings. The number of nitrogens with two attached hydrogens (primary N) is 1. The number of thioether (sulfide) groups is 1. The summed E-state index contributed by atoms with van der Waals surface area (Å²) in [5.41, 5.74) is 8.74. The summed E-state index contributed by atoms with van der Waals surface area (Å²) in [7, 11) is 0. The van der Waals surface area contributed by atoms with Gasteiger partial charge >= 0.3 is 0 Å². The largest absolute Gasteiger partial charge is 0.332 e. The highest BCUT2D eigenvalue weighted by Gasteiger charge is 2.22.